The highest BCUT2D eigenvalue weighted by molar-refractivity contribution is 7.92. The molecular weight excluding hydrogens is 397 g/mol. The molecule has 134 valence electrons. The highest BCUT2D eigenvalue weighted by Crippen LogP contribution is 2.30. The molecule has 1 amide bonds. The molecule has 26 heavy (non-hydrogen) atoms. The van der Waals surface area contributed by atoms with Crippen LogP contribution in [0, 0.1) is 5.82 Å². The number of carbonyl (C=O) groups excluding carboxylic acids is 1. The van der Waals surface area contributed by atoms with Crippen molar-refractivity contribution in [2.75, 3.05) is 13.1 Å². The zero-order valence-electron chi connectivity index (χ0n) is 13.4. The van der Waals surface area contributed by atoms with Gasteiger partial charge in [-0.2, -0.15) is 0 Å². The zero-order valence-corrected chi connectivity index (χ0v) is 15.7. The van der Waals surface area contributed by atoms with Crippen LogP contribution in [0.2, 0.25) is 5.02 Å². The minimum atomic E-state index is -3.50. The molecule has 0 radical (unpaired) electrons. The predicted octanol–water partition coefficient (Wildman–Crippen LogP) is 3.99. The Kier molecular flexibility index (Phi) is 4.25. The van der Waals surface area contributed by atoms with Gasteiger partial charge < -0.3 is 4.90 Å². The monoisotopic (exact) mass is 409 g/mol. The van der Waals surface area contributed by atoms with E-state index in [2.05, 4.69) is 0 Å². The second-order valence-corrected chi connectivity index (χ2v) is 9.87. The molecule has 1 fully saturated rings. The fourth-order valence-electron chi connectivity index (χ4n) is 2.89. The quantitative estimate of drug-likeness (QED) is 0.657. The van der Waals surface area contributed by atoms with E-state index in [1.807, 2.05) is 0 Å². The minimum absolute atomic E-state index is 0.145. The lowest BCUT2D eigenvalue weighted by molar-refractivity contribution is 0.0664. The summed E-state index contributed by atoms with van der Waals surface area (Å²) < 4.78 is 39.3. The molecule has 2 heterocycles. The fourth-order valence-corrected chi connectivity index (χ4v) is 5.68. The van der Waals surface area contributed by atoms with E-state index in [9.17, 15) is 17.6 Å². The first-order valence-electron chi connectivity index (χ1n) is 7.82. The standard InChI is InChI=1S/C18H13ClFNO3S2/c19-12-1-4-14(5-2-12)26(23,24)15-9-21(10-15)18(22)17-8-11-7-13(20)3-6-16(11)25-17/h1-8,15H,9-10H2. The molecule has 2 aromatic carbocycles. The Labute approximate surface area is 158 Å². The summed E-state index contributed by atoms with van der Waals surface area (Å²) in [5.41, 5.74) is 0. The second-order valence-electron chi connectivity index (χ2n) is 6.12. The van der Waals surface area contributed by atoms with Gasteiger partial charge in [0, 0.05) is 22.8 Å². The Balaban J connectivity index is 1.49. The number of halogens is 2. The lowest BCUT2D eigenvalue weighted by Crippen LogP contribution is -2.56. The van der Waals surface area contributed by atoms with Gasteiger partial charge in [-0.15, -0.1) is 11.3 Å². The smallest absolute Gasteiger partial charge is 0.264 e. The number of fused-ring (bicyclic) bond motifs is 1. The van der Waals surface area contributed by atoms with Crippen molar-refractivity contribution in [3.63, 3.8) is 0 Å². The summed E-state index contributed by atoms with van der Waals surface area (Å²) in [6.07, 6.45) is 0. The van der Waals surface area contributed by atoms with Crippen molar-refractivity contribution < 1.29 is 17.6 Å². The van der Waals surface area contributed by atoms with Gasteiger partial charge in [-0.05, 0) is 53.9 Å². The van der Waals surface area contributed by atoms with Crippen molar-refractivity contribution in [2.45, 2.75) is 10.1 Å². The van der Waals surface area contributed by atoms with Gasteiger partial charge in [0.1, 0.15) is 11.1 Å². The number of amides is 1. The summed E-state index contributed by atoms with van der Waals surface area (Å²) in [7, 11) is -3.50. The van der Waals surface area contributed by atoms with Crippen LogP contribution in [0.4, 0.5) is 4.39 Å². The van der Waals surface area contributed by atoms with Crippen molar-refractivity contribution in [2.24, 2.45) is 0 Å². The fraction of sp³-hybridized carbons (Fsp3) is 0.167. The van der Waals surface area contributed by atoms with Gasteiger partial charge in [-0.1, -0.05) is 11.6 Å². The molecule has 0 N–H and O–H groups in total. The molecule has 8 heteroatoms. The molecule has 1 saturated heterocycles. The normalized spacial score (nSPS) is 15.2. The Hall–Kier alpha value is -1.96. The number of likely N-dealkylation sites (tertiary alicyclic amines) is 1. The maximum atomic E-state index is 13.3. The van der Waals surface area contributed by atoms with Crippen molar-refractivity contribution in [3.8, 4) is 0 Å². The van der Waals surface area contributed by atoms with Crippen molar-refractivity contribution in [1.82, 2.24) is 4.90 Å². The zero-order chi connectivity index (χ0) is 18.5. The highest BCUT2D eigenvalue weighted by atomic mass is 35.5. The van der Waals surface area contributed by atoms with Gasteiger partial charge in [0.2, 0.25) is 0 Å². The average Bonchev–Trinajstić information content (AvgIpc) is 2.96. The Morgan fingerprint density at radius 2 is 1.81 bits per heavy atom. The van der Waals surface area contributed by atoms with E-state index in [0.29, 0.717) is 15.3 Å². The SMILES string of the molecule is O=C(c1cc2cc(F)ccc2s1)N1CC(S(=O)(=O)c2ccc(Cl)cc2)C1. The first kappa shape index (κ1) is 17.5. The Bertz CT molecular complexity index is 1100. The summed E-state index contributed by atoms with van der Waals surface area (Å²) in [6.45, 7) is 0.290. The van der Waals surface area contributed by atoms with Crippen molar-refractivity contribution >= 4 is 48.8 Å². The summed E-state index contributed by atoms with van der Waals surface area (Å²) >= 11 is 7.07. The molecule has 0 atom stereocenters. The van der Waals surface area contributed by atoms with Gasteiger partial charge in [0.05, 0.1) is 9.77 Å². The van der Waals surface area contributed by atoms with E-state index in [1.54, 1.807) is 12.1 Å². The molecule has 0 bridgehead atoms. The van der Waals surface area contributed by atoms with Crippen LogP contribution in [0.3, 0.4) is 0 Å². The number of nitrogens with zero attached hydrogens (tertiary/aromatic N) is 1. The molecule has 3 aromatic rings. The van der Waals surface area contributed by atoms with Crippen LogP contribution in [0.15, 0.2) is 53.4 Å². The van der Waals surface area contributed by atoms with Crippen molar-refractivity contribution in [1.29, 1.82) is 0 Å². The Morgan fingerprint density at radius 1 is 1.12 bits per heavy atom. The molecule has 1 aromatic heterocycles. The predicted molar refractivity (Wildman–Crippen MR) is 100 cm³/mol. The number of hydrogen-bond donors (Lipinski definition) is 0. The third kappa shape index (κ3) is 3.00. The molecule has 0 spiro atoms. The summed E-state index contributed by atoms with van der Waals surface area (Å²) in [5.74, 6) is -0.582. The molecule has 1 aliphatic rings. The summed E-state index contributed by atoms with van der Waals surface area (Å²) in [5, 5.41) is 0.513. The van der Waals surface area contributed by atoms with Crippen LogP contribution in [0.5, 0.6) is 0 Å². The maximum absolute atomic E-state index is 13.3. The number of hydrogen-bond acceptors (Lipinski definition) is 4. The lowest BCUT2D eigenvalue weighted by Gasteiger charge is -2.38. The van der Waals surface area contributed by atoms with Gasteiger partial charge >= 0.3 is 0 Å². The van der Waals surface area contributed by atoms with Crippen LogP contribution < -0.4 is 0 Å². The molecule has 4 rings (SSSR count). The van der Waals surface area contributed by atoms with Gasteiger partial charge in [0.15, 0.2) is 9.84 Å². The van der Waals surface area contributed by atoms with Crippen LogP contribution in [-0.2, 0) is 9.84 Å². The number of rotatable bonds is 3. The Morgan fingerprint density at radius 3 is 2.50 bits per heavy atom. The third-order valence-corrected chi connectivity index (χ3v) is 7.87. The van der Waals surface area contributed by atoms with Gasteiger partial charge in [-0.3, -0.25) is 4.79 Å². The van der Waals surface area contributed by atoms with Crippen LogP contribution in [0.25, 0.3) is 10.1 Å². The van der Waals surface area contributed by atoms with E-state index >= 15 is 0 Å². The van der Waals surface area contributed by atoms with E-state index in [1.165, 1.54) is 52.6 Å². The number of thiophene rings is 1. The molecule has 1 aliphatic heterocycles. The van der Waals surface area contributed by atoms with Gasteiger partial charge in [0.25, 0.3) is 5.91 Å². The average molecular weight is 410 g/mol. The number of benzene rings is 2. The van der Waals surface area contributed by atoms with Crippen LogP contribution in [0.1, 0.15) is 9.67 Å². The van der Waals surface area contributed by atoms with E-state index in [0.717, 1.165) is 4.70 Å². The minimum Gasteiger partial charge on any atom is -0.335 e. The molecule has 0 unspecified atom stereocenters. The van der Waals surface area contributed by atoms with E-state index in [4.69, 9.17) is 11.6 Å². The largest absolute Gasteiger partial charge is 0.335 e. The number of sulfone groups is 1. The first-order chi connectivity index (χ1) is 12.3. The third-order valence-electron chi connectivity index (χ3n) is 4.41. The highest BCUT2D eigenvalue weighted by Gasteiger charge is 2.41. The maximum Gasteiger partial charge on any atom is 0.264 e. The summed E-state index contributed by atoms with van der Waals surface area (Å²) in [6, 6.07) is 12.0. The molecule has 4 nitrogen and oxygen atoms in total. The number of carbonyl (C=O) groups is 1. The second kappa shape index (κ2) is 6.33. The van der Waals surface area contributed by atoms with Gasteiger partial charge in [-0.25, -0.2) is 12.8 Å². The topological polar surface area (TPSA) is 54.5 Å². The molecule has 0 saturated carbocycles. The lowest BCUT2D eigenvalue weighted by atomic mass is 10.2. The first-order valence-corrected chi connectivity index (χ1v) is 10.6. The van der Waals surface area contributed by atoms with Crippen molar-refractivity contribution in [3.05, 3.63) is 64.2 Å². The summed E-state index contributed by atoms with van der Waals surface area (Å²) in [4.78, 5) is 14.7. The van der Waals surface area contributed by atoms with Crippen LogP contribution in [-0.4, -0.2) is 37.6 Å². The molecule has 0 aliphatic carbocycles. The van der Waals surface area contributed by atoms with E-state index < -0.39 is 15.1 Å². The molecular formula is C18H13ClFNO3S2. The van der Waals surface area contributed by atoms with E-state index in [-0.39, 0.29) is 29.7 Å². The van der Waals surface area contributed by atoms with Crippen LogP contribution >= 0.6 is 22.9 Å².